The first-order valence-electron chi connectivity index (χ1n) is 6.76. The minimum Gasteiger partial charge on any atom is -0.378 e. The SMILES string of the molecule is CC1(C(=O)N2CCOCC2)CC12CCNCC2. The first-order valence-corrected chi connectivity index (χ1v) is 6.76. The molecular weight excluding hydrogens is 216 g/mol. The maximum absolute atomic E-state index is 12.6. The maximum Gasteiger partial charge on any atom is 0.229 e. The van der Waals surface area contributed by atoms with Gasteiger partial charge in [-0.15, -0.1) is 0 Å². The first kappa shape index (κ1) is 11.5. The van der Waals surface area contributed by atoms with E-state index in [2.05, 4.69) is 12.2 Å². The van der Waals surface area contributed by atoms with Crippen LogP contribution in [0.25, 0.3) is 0 Å². The number of piperidine rings is 1. The molecule has 3 fully saturated rings. The van der Waals surface area contributed by atoms with Crippen molar-refractivity contribution in [2.45, 2.75) is 26.2 Å². The molecule has 1 saturated carbocycles. The van der Waals surface area contributed by atoms with E-state index < -0.39 is 0 Å². The summed E-state index contributed by atoms with van der Waals surface area (Å²) in [6.45, 7) is 7.30. The van der Waals surface area contributed by atoms with Gasteiger partial charge in [-0.1, -0.05) is 6.92 Å². The van der Waals surface area contributed by atoms with Gasteiger partial charge in [-0.3, -0.25) is 4.79 Å². The van der Waals surface area contributed by atoms with Crippen LogP contribution in [0.2, 0.25) is 0 Å². The number of morpholine rings is 1. The summed E-state index contributed by atoms with van der Waals surface area (Å²) in [6.07, 6.45) is 3.43. The molecular formula is C13H22N2O2. The van der Waals surface area contributed by atoms with E-state index in [9.17, 15) is 4.79 Å². The molecule has 3 aliphatic rings. The number of amides is 1. The van der Waals surface area contributed by atoms with Gasteiger partial charge in [-0.25, -0.2) is 0 Å². The van der Waals surface area contributed by atoms with Crippen molar-refractivity contribution >= 4 is 5.91 Å². The number of carbonyl (C=O) groups excluding carboxylic acids is 1. The predicted molar refractivity (Wildman–Crippen MR) is 64.7 cm³/mol. The minimum atomic E-state index is -0.0769. The molecule has 0 aromatic rings. The number of nitrogens with zero attached hydrogens (tertiary/aromatic N) is 1. The smallest absolute Gasteiger partial charge is 0.229 e. The lowest BCUT2D eigenvalue weighted by molar-refractivity contribution is -0.142. The van der Waals surface area contributed by atoms with Crippen LogP contribution in [-0.4, -0.2) is 50.2 Å². The highest BCUT2D eigenvalue weighted by Crippen LogP contribution is 2.68. The molecule has 0 radical (unpaired) electrons. The van der Waals surface area contributed by atoms with E-state index in [-0.39, 0.29) is 5.41 Å². The fourth-order valence-corrected chi connectivity index (χ4v) is 3.68. The van der Waals surface area contributed by atoms with Crippen LogP contribution in [0.1, 0.15) is 26.2 Å². The van der Waals surface area contributed by atoms with Crippen molar-refractivity contribution in [3.05, 3.63) is 0 Å². The summed E-state index contributed by atoms with van der Waals surface area (Å²) in [5, 5.41) is 3.39. The van der Waals surface area contributed by atoms with Crippen molar-refractivity contribution in [3.63, 3.8) is 0 Å². The largest absolute Gasteiger partial charge is 0.378 e. The maximum atomic E-state index is 12.6. The minimum absolute atomic E-state index is 0.0769. The zero-order chi connectivity index (χ0) is 11.9. The molecule has 0 aromatic carbocycles. The molecule has 1 spiro atoms. The molecule has 4 heteroatoms. The number of rotatable bonds is 1. The van der Waals surface area contributed by atoms with E-state index in [1.54, 1.807) is 0 Å². The first-order chi connectivity index (χ1) is 8.18. The van der Waals surface area contributed by atoms with Gasteiger partial charge in [0.25, 0.3) is 0 Å². The van der Waals surface area contributed by atoms with E-state index in [1.165, 1.54) is 12.8 Å². The highest BCUT2D eigenvalue weighted by atomic mass is 16.5. The van der Waals surface area contributed by atoms with Crippen LogP contribution in [0.4, 0.5) is 0 Å². The Morgan fingerprint density at radius 1 is 1.24 bits per heavy atom. The second kappa shape index (κ2) is 3.95. The second-order valence-corrected chi connectivity index (χ2v) is 5.94. The summed E-state index contributed by atoms with van der Waals surface area (Å²) in [6, 6.07) is 0. The summed E-state index contributed by atoms with van der Waals surface area (Å²) >= 11 is 0. The van der Waals surface area contributed by atoms with Crippen LogP contribution in [-0.2, 0) is 9.53 Å². The lowest BCUT2D eigenvalue weighted by atomic mass is 9.85. The van der Waals surface area contributed by atoms with Crippen LogP contribution in [0.5, 0.6) is 0 Å². The Labute approximate surface area is 103 Å². The molecule has 4 nitrogen and oxygen atoms in total. The van der Waals surface area contributed by atoms with Crippen molar-refractivity contribution < 1.29 is 9.53 Å². The molecule has 1 amide bonds. The molecule has 96 valence electrons. The zero-order valence-electron chi connectivity index (χ0n) is 10.6. The number of hydrogen-bond acceptors (Lipinski definition) is 3. The van der Waals surface area contributed by atoms with E-state index in [1.807, 2.05) is 4.90 Å². The van der Waals surface area contributed by atoms with Gasteiger partial charge in [0.2, 0.25) is 5.91 Å². The quantitative estimate of drug-likeness (QED) is 0.728. The van der Waals surface area contributed by atoms with Gasteiger partial charge in [0.05, 0.1) is 18.6 Å². The highest BCUT2D eigenvalue weighted by Gasteiger charge is 2.68. The Balaban J connectivity index is 1.69. The molecule has 1 atom stereocenters. The van der Waals surface area contributed by atoms with Crippen LogP contribution < -0.4 is 5.32 Å². The third-order valence-corrected chi connectivity index (χ3v) is 5.07. The van der Waals surface area contributed by atoms with E-state index in [0.717, 1.165) is 32.6 Å². The number of hydrogen-bond donors (Lipinski definition) is 1. The Hall–Kier alpha value is -0.610. The summed E-state index contributed by atoms with van der Waals surface area (Å²) in [5.74, 6) is 0.378. The molecule has 2 aliphatic heterocycles. The standard InChI is InChI=1S/C13H22N2O2/c1-12(10-13(12)2-4-14-5-3-13)11(16)15-6-8-17-9-7-15/h14H,2-10H2,1H3. The van der Waals surface area contributed by atoms with E-state index in [4.69, 9.17) is 4.74 Å². The van der Waals surface area contributed by atoms with Crippen LogP contribution >= 0.6 is 0 Å². The predicted octanol–water partition coefficient (Wildman–Crippen LogP) is 0.625. The molecule has 1 aliphatic carbocycles. The Morgan fingerprint density at radius 3 is 2.53 bits per heavy atom. The van der Waals surface area contributed by atoms with Crippen molar-refractivity contribution in [2.24, 2.45) is 10.8 Å². The fraction of sp³-hybridized carbons (Fsp3) is 0.923. The van der Waals surface area contributed by atoms with Gasteiger partial charge in [0.15, 0.2) is 0 Å². The number of ether oxygens (including phenoxy) is 1. The summed E-state index contributed by atoms with van der Waals surface area (Å²) in [5.41, 5.74) is 0.236. The van der Waals surface area contributed by atoms with Gasteiger partial charge < -0.3 is 15.0 Å². The summed E-state index contributed by atoms with van der Waals surface area (Å²) in [4.78, 5) is 14.6. The molecule has 1 unspecified atom stereocenters. The van der Waals surface area contributed by atoms with E-state index in [0.29, 0.717) is 24.5 Å². The van der Waals surface area contributed by atoms with Crippen molar-refractivity contribution in [2.75, 3.05) is 39.4 Å². The lowest BCUT2D eigenvalue weighted by Crippen LogP contribution is -2.46. The Morgan fingerprint density at radius 2 is 1.88 bits per heavy atom. The molecule has 0 bridgehead atoms. The van der Waals surface area contributed by atoms with Crippen molar-refractivity contribution in [3.8, 4) is 0 Å². The van der Waals surface area contributed by atoms with E-state index >= 15 is 0 Å². The number of carbonyl (C=O) groups is 1. The average Bonchev–Trinajstić information content (AvgIpc) is 2.95. The van der Waals surface area contributed by atoms with Gasteiger partial charge >= 0.3 is 0 Å². The topological polar surface area (TPSA) is 41.6 Å². The molecule has 2 saturated heterocycles. The van der Waals surface area contributed by atoms with Crippen LogP contribution in [0.3, 0.4) is 0 Å². The van der Waals surface area contributed by atoms with Crippen LogP contribution in [0.15, 0.2) is 0 Å². The number of nitrogens with one attached hydrogen (secondary N) is 1. The highest BCUT2D eigenvalue weighted by molar-refractivity contribution is 5.87. The molecule has 2 heterocycles. The van der Waals surface area contributed by atoms with Crippen molar-refractivity contribution in [1.29, 1.82) is 0 Å². The zero-order valence-corrected chi connectivity index (χ0v) is 10.6. The van der Waals surface area contributed by atoms with Gasteiger partial charge in [-0.05, 0) is 37.8 Å². The molecule has 1 N–H and O–H groups in total. The monoisotopic (exact) mass is 238 g/mol. The average molecular weight is 238 g/mol. The summed E-state index contributed by atoms with van der Waals surface area (Å²) < 4.78 is 5.32. The molecule has 17 heavy (non-hydrogen) atoms. The molecule has 3 rings (SSSR count). The van der Waals surface area contributed by atoms with Crippen molar-refractivity contribution in [1.82, 2.24) is 10.2 Å². The van der Waals surface area contributed by atoms with Gasteiger partial charge in [0.1, 0.15) is 0 Å². The Bertz CT molecular complexity index is 319. The van der Waals surface area contributed by atoms with Gasteiger partial charge in [0, 0.05) is 13.1 Å². The molecule has 0 aromatic heterocycles. The lowest BCUT2D eigenvalue weighted by Gasteiger charge is -2.33. The van der Waals surface area contributed by atoms with Gasteiger partial charge in [-0.2, -0.15) is 0 Å². The second-order valence-electron chi connectivity index (χ2n) is 5.94. The normalized spacial score (nSPS) is 35.9. The third kappa shape index (κ3) is 1.69. The summed E-state index contributed by atoms with van der Waals surface area (Å²) in [7, 11) is 0. The third-order valence-electron chi connectivity index (χ3n) is 5.07. The Kier molecular flexibility index (Phi) is 2.67. The van der Waals surface area contributed by atoms with Crippen LogP contribution in [0, 0.1) is 10.8 Å². The fourth-order valence-electron chi connectivity index (χ4n) is 3.68.